The second kappa shape index (κ2) is 9.15. The fourth-order valence-electron chi connectivity index (χ4n) is 4.64. The number of carbonyl (C=O) groups excluding carboxylic acids is 2. The zero-order valence-corrected chi connectivity index (χ0v) is 19.4. The Kier molecular flexibility index (Phi) is 6.31. The zero-order chi connectivity index (χ0) is 22.8. The largest absolute Gasteiger partial charge is 0.469 e. The second-order valence-electron chi connectivity index (χ2n) is 8.22. The fourth-order valence-corrected chi connectivity index (χ4v) is 5.06. The van der Waals surface area contributed by atoms with Crippen LogP contribution in [0.4, 0.5) is 15.7 Å². The number of likely N-dealkylation sites (tertiary alicyclic amines) is 1. The van der Waals surface area contributed by atoms with E-state index in [-0.39, 0.29) is 17.7 Å². The Morgan fingerprint density at radius 1 is 1.34 bits per heavy atom. The topological polar surface area (TPSA) is 121 Å². The van der Waals surface area contributed by atoms with Crippen LogP contribution in [0.2, 0.25) is 0 Å². The summed E-state index contributed by atoms with van der Waals surface area (Å²) in [6, 6.07) is 2.48. The van der Waals surface area contributed by atoms with Crippen LogP contribution in [0.1, 0.15) is 25.5 Å². The lowest BCUT2D eigenvalue weighted by Gasteiger charge is -2.26. The number of ether oxygens (including phenoxy) is 1. The van der Waals surface area contributed by atoms with Gasteiger partial charge >= 0.3 is 12.0 Å². The molecule has 11 nitrogen and oxygen atoms in total. The number of nitrogens with zero attached hydrogens (tertiary/aromatic N) is 6. The molecule has 0 bridgehead atoms. The van der Waals surface area contributed by atoms with Crippen LogP contribution in [-0.2, 0) is 16.6 Å². The Bertz CT molecular complexity index is 1080. The van der Waals surface area contributed by atoms with Crippen molar-refractivity contribution in [3.05, 3.63) is 18.6 Å². The predicted molar refractivity (Wildman–Crippen MR) is 130 cm³/mol. The summed E-state index contributed by atoms with van der Waals surface area (Å²) in [5.74, 6) is 1.88. The van der Waals surface area contributed by atoms with E-state index in [4.69, 9.17) is 5.10 Å². The fraction of sp³-hybridized carbons (Fsp3) is 0.550. The van der Waals surface area contributed by atoms with Crippen LogP contribution in [0.25, 0.3) is 11.0 Å². The van der Waals surface area contributed by atoms with Crippen molar-refractivity contribution in [3.8, 4) is 0 Å². The number of carbonyl (C=O) groups is 2. The summed E-state index contributed by atoms with van der Waals surface area (Å²) in [5.41, 5.74) is 1.05. The molecule has 2 N–H and O–H groups in total. The van der Waals surface area contributed by atoms with E-state index < -0.39 is 0 Å². The van der Waals surface area contributed by atoms with Gasteiger partial charge in [0.1, 0.15) is 12.0 Å². The molecule has 2 amide bonds. The number of methoxy groups -OCH3 is 1. The summed E-state index contributed by atoms with van der Waals surface area (Å²) < 4.78 is 9.93. The molecule has 1 saturated heterocycles. The van der Waals surface area contributed by atoms with Crippen LogP contribution in [0.5, 0.6) is 0 Å². The molecule has 4 heterocycles. The van der Waals surface area contributed by atoms with Gasteiger partial charge in [-0.15, -0.1) is 0 Å². The van der Waals surface area contributed by atoms with E-state index in [2.05, 4.69) is 42.4 Å². The van der Waals surface area contributed by atoms with Gasteiger partial charge in [0.25, 0.3) is 0 Å². The summed E-state index contributed by atoms with van der Waals surface area (Å²) in [7, 11) is 5.46. The predicted octanol–water partition coefficient (Wildman–Crippen LogP) is 3.29. The first-order valence-electron chi connectivity index (χ1n) is 10.5. The van der Waals surface area contributed by atoms with Gasteiger partial charge < -0.3 is 19.5 Å². The number of urea groups is 1. The average Bonchev–Trinajstić information content (AvgIpc) is 3.55. The van der Waals surface area contributed by atoms with E-state index in [1.165, 1.54) is 31.9 Å². The summed E-state index contributed by atoms with van der Waals surface area (Å²) in [6.45, 7) is 2.98. The number of esters is 1. The molecule has 2 aliphatic rings. The number of aryl methyl sites for hydroxylation is 1. The number of rotatable bonds is 3. The highest BCUT2D eigenvalue weighted by molar-refractivity contribution is 7.09. The first-order valence-corrected chi connectivity index (χ1v) is 11.2. The lowest BCUT2D eigenvalue weighted by molar-refractivity contribution is -0.137. The second-order valence-corrected chi connectivity index (χ2v) is 9.00. The van der Waals surface area contributed by atoms with E-state index in [1.807, 2.05) is 22.8 Å². The average molecular weight is 469 g/mol. The van der Waals surface area contributed by atoms with Crippen LogP contribution in [-0.4, -0.2) is 74.3 Å². The molecule has 180 valence electrons. The number of nitrogens with one attached hydrogen (secondary N) is 2. The van der Waals surface area contributed by atoms with Gasteiger partial charge in [0, 0.05) is 63.6 Å². The Labute approximate surface area is 195 Å². The molecule has 1 aliphatic heterocycles. The molecule has 32 heavy (non-hydrogen) atoms. The van der Waals surface area contributed by atoms with Gasteiger partial charge in [-0.05, 0) is 30.7 Å². The molecule has 0 radical (unpaired) electrons. The Morgan fingerprint density at radius 2 is 2.03 bits per heavy atom. The van der Waals surface area contributed by atoms with Crippen molar-refractivity contribution in [2.75, 3.05) is 37.5 Å². The van der Waals surface area contributed by atoms with Gasteiger partial charge in [-0.25, -0.2) is 14.5 Å². The minimum atomic E-state index is -0.245. The summed E-state index contributed by atoms with van der Waals surface area (Å²) in [6.07, 6.45) is 5.60. The van der Waals surface area contributed by atoms with Crippen LogP contribution in [0, 0.1) is 11.8 Å². The maximum Gasteiger partial charge on any atom is 0.323 e. The van der Waals surface area contributed by atoms with Gasteiger partial charge in [0.2, 0.25) is 5.13 Å². The van der Waals surface area contributed by atoms with E-state index in [1.54, 1.807) is 0 Å². The number of hydrogen-bond acceptors (Lipinski definition) is 8. The van der Waals surface area contributed by atoms with Crippen molar-refractivity contribution in [2.45, 2.75) is 25.8 Å². The van der Waals surface area contributed by atoms with Gasteiger partial charge in [0.15, 0.2) is 5.82 Å². The number of amides is 2. The highest BCUT2D eigenvalue weighted by atomic mass is 32.1. The smallest absolute Gasteiger partial charge is 0.323 e. The molecule has 0 aromatic carbocycles. The van der Waals surface area contributed by atoms with E-state index in [9.17, 15) is 9.59 Å². The van der Waals surface area contributed by atoms with Crippen molar-refractivity contribution in [1.29, 1.82) is 0 Å². The van der Waals surface area contributed by atoms with Crippen LogP contribution >= 0.6 is 11.5 Å². The minimum absolute atomic E-state index is 0. The molecular weight excluding hydrogens is 432 g/mol. The minimum Gasteiger partial charge on any atom is -0.469 e. The maximum atomic E-state index is 12.4. The van der Waals surface area contributed by atoms with Crippen LogP contribution in [0.3, 0.4) is 0 Å². The van der Waals surface area contributed by atoms with Crippen molar-refractivity contribution >= 4 is 45.5 Å². The highest BCUT2D eigenvalue weighted by Gasteiger charge is 2.44. The summed E-state index contributed by atoms with van der Waals surface area (Å²) >= 11 is 1.20. The molecular formula is C20H36N8O3S. The third kappa shape index (κ3) is 4.40. The van der Waals surface area contributed by atoms with Crippen molar-refractivity contribution in [2.24, 2.45) is 18.9 Å². The molecule has 2 atom stereocenters. The monoisotopic (exact) mass is 468 g/mol. The zero-order valence-electron chi connectivity index (χ0n) is 18.6. The van der Waals surface area contributed by atoms with Gasteiger partial charge in [0.05, 0.1) is 12.5 Å². The maximum absolute atomic E-state index is 12.4. The third-order valence-corrected chi connectivity index (χ3v) is 6.87. The number of aromatic nitrogens is 5. The number of aromatic amines is 1. The molecule has 3 aromatic rings. The Hall–Kier alpha value is -3.15. The molecule has 3 aromatic heterocycles. The van der Waals surface area contributed by atoms with Gasteiger partial charge in [-0.2, -0.15) is 9.47 Å². The number of fused-ring (bicyclic) bond motifs is 2. The van der Waals surface area contributed by atoms with Crippen LogP contribution in [0.15, 0.2) is 18.6 Å². The molecule has 2 fully saturated rings. The molecule has 1 aliphatic carbocycles. The van der Waals surface area contributed by atoms with E-state index in [0.717, 1.165) is 42.8 Å². The number of H-pyrrole nitrogens is 1. The molecule has 12 heteroatoms. The molecule has 2 unspecified atom stereocenters. The number of hydrogen-bond donors (Lipinski definition) is 2. The summed E-state index contributed by atoms with van der Waals surface area (Å²) in [5, 5.41) is 9.25. The molecule has 1 saturated carbocycles. The molecule has 0 spiro atoms. The highest BCUT2D eigenvalue weighted by Crippen LogP contribution is 2.41. The van der Waals surface area contributed by atoms with Crippen LogP contribution < -0.4 is 10.2 Å². The first kappa shape index (κ1) is 22.1. The lowest BCUT2D eigenvalue weighted by atomic mass is 10.0. The van der Waals surface area contributed by atoms with Crippen molar-refractivity contribution < 1.29 is 20.0 Å². The SMILES string of the molecule is CN(c1nn(C)c2[nH]ccc12)C1CC2CN(C(=O)Nc3ncns3)CC2C1.COC(C)=O.[HH].[HH].[HH].[HH]. The quantitative estimate of drug-likeness (QED) is 0.566. The summed E-state index contributed by atoms with van der Waals surface area (Å²) in [4.78, 5) is 33.5. The number of anilines is 2. The Morgan fingerprint density at radius 3 is 2.62 bits per heavy atom. The van der Waals surface area contributed by atoms with E-state index >= 15 is 0 Å². The lowest BCUT2D eigenvalue weighted by Crippen LogP contribution is -2.36. The Balaban J connectivity index is 0.00000125. The van der Waals surface area contributed by atoms with Gasteiger partial charge in [-0.1, -0.05) is 0 Å². The first-order chi connectivity index (χ1) is 15.4. The van der Waals surface area contributed by atoms with Crippen molar-refractivity contribution in [3.63, 3.8) is 0 Å². The molecule has 5 rings (SSSR count). The van der Waals surface area contributed by atoms with Gasteiger partial charge in [-0.3, -0.25) is 10.1 Å². The third-order valence-electron chi connectivity index (χ3n) is 6.29. The van der Waals surface area contributed by atoms with E-state index in [0.29, 0.717) is 23.0 Å². The van der Waals surface area contributed by atoms with Crippen molar-refractivity contribution in [1.82, 2.24) is 29.0 Å². The normalized spacial score (nSPS) is 21.8. The standard InChI is InChI=1S/C17H22N8OS.C3H6O2.4H2/c1-23(15-13-3-4-18-14(13)24(2)22-15)12-5-10-7-25(8-11(10)6-12)17(26)21-16-19-9-20-27-16;1-3(4)5-2;;;;/h3-4,9-12,18H,5-8H2,1-2H3,(H,19,20,21,26);1-2H3;4*1H.